The van der Waals surface area contributed by atoms with E-state index in [2.05, 4.69) is 20.5 Å². The van der Waals surface area contributed by atoms with Gasteiger partial charge in [0.25, 0.3) is 5.56 Å². The summed E-state index contributed by atoms with van der Waals surface area (Å²) in [6.07, 6.45) is -3.95. The Balaban J connectivity index is 1.34. The lowest BCUT2D eigenvalue weighted by Gasteiger charge is -2.37. The van der Waals surface area contributed by atoms with Crippen LogP contribution in [0.5, 0.6) is 5.88 Å². The normalized spacial score (nSPS) is 17.2. The monoisotopic (exact) mass is 757 g/mol. The summed E-state index contributed by atoms with van der Waals surface area (Å²) in [6, 6.07) is 2.56. The molecule has 1 fully saturated rings. The molecule has 0 saturated carbocycles. The number of fused-ring (bicyclic) bond motifs is 1. The molecule has 1 saturated heterocycles. The number of piperazine rings is 1. The second kappa shape index (κ2) is 14.3. The largest absolute Gasteiger partial charge is 0.492 e. The van der Waals surface area contributed by atoms with Gasteiger partial charge < -0.3 is 29.5 Å². The van der Waals surface area contributed by atoms with Gasteiger partial charge in [-0.1, -0.05) is 24.6 Å². The molecule has 0 radical (unpaired) electrons. The third kappa shape index (κ3) is 7.55. The molecule has 2 aliphatic rings. The van der Waals surface area contributed by atoms with Crippen molar-refractivity contribution in [3.8, 4) is 5.88 Å². The molecule has 2 N–H and O–H groups in total. The molecular weight excluding hydrogens is 724 g/mol. The number of carbonyl (C=O) groups is 1. The molecule has 1 atom stereocenters. The number of nitrogens with one attached hydrogen (secondary N) is 1. The highest BCUT2D eigenvalue weighted by atomic mass is 35.5. The van der Waals surface area contributed by atoms with E-state index in [1.54, 1.807) is 23.8 Å². The number of benzene rings is 1. The number of hydrogen-bond donors (Lipinski definition) is 2. The van der Waals surface area contributed by atoms with E-state index in [0.717, 1.165) is 28.4 Å². The Morgan fingerprint density at radius 1 is 1.12 bits per heavy atom. The third-order valence-electron chi connectivity index (χ3n) is 9.07. The predicted molar refractivity (Wildman–Crippen MR) is 179 cm³/mol. The minimum Gasteiger partial charge on any atom is -0.492 e. The summed E-state index contributed by atoms with van der Waals surface area (Å²) >= 11 is 6.10. The van der Waals surface area contributed by atoms with Crippen molar-refractivity contribution >= 4 is 45.9 Å². The van der Waals surface area contributed by atoms with Crippen LogP contribution in [0.15, 0.2) is 35.3 Å². The van der Waals surface area contributed by atoms with E-state index < -0.39 is 48.4 Å². The molecule has 4 aromatic rings. The fourth-order valence-electron chi connectivity index (χ4n) is 6.47. The van der Waals surface area contributed by atoms with Gasteiger partial charge in [0, 0.05) is 33.3 Å². The summed E-state index contributed by atoms with van der Waals surface area (Å²) in [6.45, 7) is 0.730. The average molecular weight is 758 g/mol. The number of amides is 1. The van der Waals surface area contributed by atoms with Crippen LogP contribution >= 0.6 is 11.6 Å². The minimum atomic E-state index is -4.63. The molecule has 6 rings (SSSR count). The Morgan fingerprint density at radius 2 is 1.83 bits per heavy atom. The number of rotatable bonds is 9. The van der Waals surface area contributed by atoms with Crippen LogP contribution in [0.2, 0.25) is 5.02 Å². The van der Waals surface area contributed by atoms with E-state index in [1.165, 1.54) is 4.57 Å². The van der Waals surface area contributed by atoms with Gasteiger partial charge in [0.2, 0.25) is 17.6 Å². The number of ether oxygens (including phenoxy) is 1. The first-order valence-electron chi connectivity index (χ1n) is 16.3. The maximum atomic E-state index is 14.2. The van der Waals surface area contributed by atoms with E-state index in [0.29, 0.717) is 41.5 Å². The Labute approximate surface area is 297 Å². The van der Waals surface area contributed by atoms with Gasteiger partial charge in [0.05, 0.1) is 34.3 Å². The molecule has 4 heterocycles. The number of hydrogen-bond acceptors (Lipinski definition) is 9. The van der Waals surface area contributed by atoms with Crippen molar-refractivity contribution in [3.63, 3.8) is 0 Å². The topological polar surface area (TPSA) is 135 Å². The first kappa shape index (κ1) is 37.0. The number of halogens is 7. The molecule has 52 heavy (non-hydrogen) atoms. The molecule has 0 spiro atoms. The molecule has 280 valence electrons. The quantitative estimate of drug-likeness (QED) is 0.223. The van der Waals surface area contributed by atoms with Crippen LogP contribution in [0, 0.1) is 0 Å². The molecule has 1 aliphatic heterocycles. The summed E-state index contributed by atoms with van der Waals surface area (Å²) in [4.78, 5) is 35.8. The fourth-order valence-corrected chi connectivity index (χ4v) is 6.70. The van der Waals surface area contributed by atoms with Gasteiger partial charge in [-0.2, -0.15) is 40.9 Å². The van der Waals surface area contributed by atoms with Crippen LogP contribution in [0.25, 0.3) is 11.4 Å². The standard InChI is InChI=1S/C32H34ClF6N9O4/c1-3-23-26(45-12-10-44(11-13-45)24-15-40-47(28(24)50)17-31(34,35)36)29(51)48-30(42-27(43-48)18-4-7-20(52-2)8-5-18)46(23)16-25(49)41-22-9-6-19(14-21(22)33)32(37,38)39/h4,6,9,14-15,20,50H,3,5,7-8,10-13,16-17H2,1-2H3,(H,41,49). The van der Waals surface area contributed by atoms with E-state index in [9.17, 15) is 41.0 Å². The van der Waals surface area contributed by atoms with Crippen molar-refractivity contribution in [3.05, 3.63) is 62.9 Å². The second-order valence-electron chi connectivity index (χ2n) is 12.4. The Bertz CT molecular complexity index is 2070. The van der Waals surface area contributed by atoms with E-state index in [1.807, 2.05) is 6.08 Å². The molecule has 13 nitrogen and oxygen atoms in total. The number of alkyl halides is 6. The average Bonchev–Trinajstić information content (AvgIpc) is 3.70. The summed E-state index contributed by atoms with van der Waals surface area (Å²) in [5, 5.41) is 20.9. The number of anilines is 3. The highest BCUT2D eigenvalue weighted by Gasteiger charge is 2.34. The molecule has 20 heteroatoms. The highest BCUT2D eigenvalue weighted by Crippen LogP contribution is 2.35. The van der Waals surface area contributed by atoms with Crippen molar-refractivity contribution in [2.24, 2.45) is 0 Å². The van der Waals surface area contributed by atoms with Gasteiger partial charge in [0.15, 0.2) is 5.82 Å². The van der Waals surface area contributed by atoms with Gasteiger partial charge in [-0.15, -0.1) is 5.10 Å². The lowest BCUT2D eigenvalue weighted by Crippen LogP contribution is -2.49. The number of allylic oxidation sites excluding steroid dienone is 1. The van der Waals surface area contributed by atoms with Crippen LogP contribution in [0.1, 0.15) is 43.3 Å². The van der Waals surface area contributed by atoms with Crippen molar-refractivity contribution < 1.29 is 41.0 Å². The van der Waals surface area contributed by atoms with E-state index in [-0.39, 0.29) is 66.6 Å². The molecule has 1 aromatic carbocycles. The van der Waals surface area contributed by atoms with Crippen LogP contribution < -0.4 is 20.7 Å². The SMILES string of the molecule is CCc1c(N2CCN(c3cnn(CC(F)(F)F)c3O)CC2)c(=O)n2nc(C3=CCC(OC)CC3)nc2n1CC(=O)Nc1ccc(C(F)(F)F)cc1Cl. The van der Waals surface area contributed by atoms with Gasteiger partial charge in [-0.25, -0.2) is 4.68 Å². The molecule has 1 aliphatic carbocycles. The molecule has 1 unspecified atom stereocenters. The zero-order valence-corrected chi connectivity index (χ0v) is 28.7. The molecule has 3 aromatic heterocycles. The summed E-state index contributed by atoms with van der Waals surface area (Å²) in [5.41, 5.74) is 0.0259. The van der Waals surface area contributed by atoms with Crippen LogP contribution in [-0.2, 0) is 35.2 Å². The van der Waals surface area contributed by atoms with Gasteiger partial charge in [0.1, 0.15) is 24.5 Å². The first-order chi connectivity index (χ1) is 24.6. The van der Waals surface area contributed by atoms with Crippen LogP contribution in [0.3, 0.4) is 0 Å². The third-order valence-corrected chi connectivity index (χ3v) is 9.39. The van der Waals surface area contributed by atoms with Gasteiger partial charge in [-0.3, -0.25) is 9.59 Å². The van der Waals surface area contributed by atoms with Crippen LogP contribution in [-0.4, -0.2) is 85.5 Å². The lowest BCUT2D eigenvalue weighted by atomic mass is 9.97. The summed E-state index contributed by atoms with van der Waals surface area (Å²) < 4.78 is 87.0. The van der Waals surface area contributed by atoms with Crippen molar-refractivity contribution in [2.45, 2.75) is 64.2 Å². The number of aromatic nitrogens is 6. The first-order valence-corrected chi connectivity index (χ1v) is 16.7. The molecule has 0 bridgehead atoms. The summed E-state index contributed by atoms with van der Waals surface area (Å²) in [7, 11) is 1.62. The van der Waals surface area contributed by atoms with E-state index in [4.69, 9.17) is 16.3 Å². The smallest absolute Gasteiger partial charge is 0.416 e. The number of nitrogens with zero attached hydrogens (tertiary/aromatic N) is 8. The van der Waals surface area contributed by atoms with Crippen LogP contribution in [0.4, 0.5) is 43.4 Å². The van der Waals surface area contributed by atoms with Crippen molar-refractivity contribution in [1.29, 1.82) is 0 Å². The zero-order chi connectivity index (χ0) is 37.5. The Morgan fingerprint density at radius 3 is 2.42 bits per heavy atom. The second-order valence-corrected chi connectivity index (χ2v) is 12.8. The number of methoxy groups -OCH3 is 1. The number of carbonyl (C=O) groups excluding carboxylic acids is 1. The Kier molecular flexibility index (Phi) is 10.2. The van der Waals surface area contributed by atoms with Crippen molar-refractivity contribution in [2.75, 3.05) is 48.4 Å². The summed E-state index contributed by atoms with van der Waals surface area (Å²) in [5.74, 6) is -0.924. The zero-order valence-electron chi connectivity index (χ0n) is 27.9. The molecule has 1 amide bonds. The van der Waals surface area contributed by atoms with Gasteiger partial charge in [-0.05, 0) is 49.5 Å². The Hall–Kier alpha value is -4.78. The van der Waals surface area contributed by atoms with Gasteiger partial charge >= 0.3 is 12.4 Å². The maximum absolute atomic E-state index is 14.2. The van der Waals surface area contributed by atoms with E-state index >= 15 is 0 Å². The predicted octanol–water partition coefficient (Wildman–Crippen LogP) is 5.14. The van der Waals surface area contributed by atoms with Crippen molar-refractivity contribution in [1.82, 2.24) is 28.9 Å². The maximum Gasteiger partial charge on any atom is 0.416 e. The highest BCUT2D eigenvalue weighted by molar-refractivity contribution is 6.33. The lowest BCUT2D eigenvalue weighted by molar-refractivity contribution is -0.143. The minimum absolute atomic E-state index is 0.0272. The number of aromatic hydroxyl groups is 1. The fraction of sp³-hybridized carbons (Fsp3) is 0.469. The molecular formula is C32H34ClF6N9O4.